The SMILES string of the molecule is CCCCCCOc1ccc(N2C(=O)C[C@@H]([NH+]3CC[NH+]([C@H]4CC(=O)N(c5ccc(OCCCCCC)cc5)C4=O)CC3)C2=O)cc1. The third kappa shape index (κ3) is 7.96. The molecule has 3 aliphatic rings. The van der Waals surface area contributed by atoms with Crippen LogP contribution in [0.1, 0.15) is 78.1 Å². The normalized spacial score (nSPS) is 23.4. The Bertz CT molecular complexity index is 1240. The standard InChI is InChI=1S/C36H48N4O6/c1-3-5-7-9-23-45-29-15-11-27(12-16-29)39-33(41)25-31(35(39)43)37-19-21-38(22-20-37)32-26-34(42)40(36(32)44)28-13-17-30(18-14-28)46-24-10-8-6-4-2/h11-18,31-32H,3-10,19-26H2,1-2H3/p+2/t31-,32+. The molecule has 4 amide bonds. The summed E-state index contributed by atoms with van der Waals surface area (Å²) in [6.45, 7) is 8.27. The van der Waals surface area contributed by atoms with Crippen LogP contribution in [0.5, 0.6) is 11.5 Å². The lowest BCUT2D eigenvalue weighted by atomic mass is 10.1. The van der Waals surface area contributed by atoms with Crippen LogP contribution in [-0.2, 0) is 19.2 Å². The molecule has 2 N–H and O–H groups in total. The Labute approximate surface area is 272 Å². The van der Waals surface area contributed by atoms with E-state index < -0.39 is 12.1 Å². The highest BCUT2D eigenvalue weighted by molar-refractivity contribution is 6.22. The molecule has 10 nitrogen and oxygen atoms in total. The van der Waals surface area contributed by atoms with Crippen molar-refractivity contribution in [1.82, 2.24) is 0 Å². The van der Waals surface area contributed by atoms with E-state index >= 15 is 0 Å². The summed E-state index contributed by atoms with van der Waals surface area (Å²) in [5, 5.41) is 0. The summed E-state index contributed by atoms with van der Waals surface area (Å²) in [6, 6.07) is 13.5. The monoisotopic (exact) mass is 634 g/mol. The second kappa shape index (κ2) is 16.2. The quantitative estimate of drug-likeness (QED) is 0.217. The average molecular weight is 635 g/mol. The second-order valence-electron chi connectivity index (χ2n) is 12.8. The molecule has 2 atom stereocenters. The van der Waals surface area contributed by atoms with Gasteiger partial charge in [0.1, 0.15) is 37.7 Å². The van der Waals surface area contributed by atoms with E-state index in [0.717, 1.165) is 47.0 Å². The average Bonchev–Trinajstić information content (AvgIpc) is 3.54. The molecule has 0 unspecified atom stereocenters. The Hall–Kier alpha value is -3.76. The van der Waals surface area contributed by atoms with Gasteiger partial charge in [0.05, 0.1) is 37.4 Å². The van der Waals surface area contributed by atoms with E-state index in [1.54, 1.807) is 24.3 Å². The van der Waals surface area contributed by atoms with Gasteiger partial charge in [-0.1, -0.05) is 52.4 Å². The van der Waals surface area contributed by atoms with Crippen molar-refractivity contribution in [2.24, 2.45) is 0 Å². The molecule has 0 radical (unpaired) electrons. The molecule has 10 heteroatoms. The zero-order valence-corrected chi connectivity index (χ0v) is 27.4. The number of unbranched alkanes of at least 4 members (excludes halogenated alkanes) is 6. The highest BCUT2D eigenvalue weighted by atomic mass is 16.5. The highest BCUT2D eigenvalue weighted by Crippen LogP contribution is 2.26. The van der Waals surface area contributed by atoms with Crippen LogP contribution in [0.25, 0.3) is 0 Å². The molecule has 3 saturated heterocycles. The Morgan fingerprint density at radius 1 is 0.565 bits per heavy atom. The molecule has 0 bridgehead atoms. The van der Waals surface area contributed by atoms with Gasteiger partial charge in [-0.2, -0.15) is 0 Å². The maximum absolute atomic E-state index is 13.5. The minimum Gasteiger partial charge on any atom is -0.494 e. The van der Waals surface area contributed by atoms with Crippen LogP contribution in [0, 0.1) is 0 Å². The Morgan fingerprint density at radius 2 is 0.935 bits per heavy atom. The number of nitrogens with zero attached hydrogens (tertiary/aromatic N) is 2. The number of carbonyl (C=O) groups is 4. The van der Waals surface area contributed by atoms with Crippen molar-refractivity contribution in [3.8, 4) is 11.5 Å². The van der Waals surface area contributed by atoms with Crippen molar-refractivity contribution >= 4 is 35.0 Å². The molecular weight excluding hydrogens is 584 g/mol. The number of anilines is 2. The van der Waals surface area contributed by atoms with E-state index in [9.17, 15) is 19.2 Å². The first-order valence-corrected chi connectivity index (χ1v) is 17.3. The van der Waals surface area contributed by atoms with E-state index in [-0.39, 0.29) is 36.5 Å². The second-order valence-corrected chi connectivity index (χ2v) is 12.8. The van der Waals surface area contributed by atoms with Gasteiger partial charge in [-0.3, -0.25) is 19.2 Å². The largest absolute Gasteiger partial charge is 0.494 e. The van der Waals surface area contributed by atoms with Crippen LogP contribution in [0.4, 0.5) is 11.4 Å². The van der Waals surface area contributed by atoms with Gasteiger partial charge in [0.25, 0.3) is 11.8 Å². The zero-order chi connectivity index (χ0) is 32.5. The van der Waals surface area contributed by atoms with Gasteiger partial charge in [0.15, 0.2) is 12.1 Å². The van der Waals surface area contributed by atoms with Crippen LogP contribution >= 0.6 is 0 Å². The fourth-order valence-electron chi connectivity index (χ4n) is 6.85. The van der Waals surface area contributed by atoms with Crippen LogP contribution in [0.3, 0.4) is 0 Å². The number of quaternary nitrogens is 2. The first-order valence-electron chi connectivity index (χ1n) is 17.3. The summed E-state index contributed by atoms with van der Waals surface area (Å²) in [6.07, 6.45) is 9.39. The topological polar surface area (TPSA) is 102 Å². The van der Waals surface area contributed by atoms with Crippen molar-refractivity contribution in [2.45, 2.75) is 90.1 Å². The molecule has 5 rings (SSSR count). The Balaban J connectivity index is 1.11. The van der Waals surface area contributed by atoms with Crippen LogP contribution in [0.2, 0.25) is 0 Å². The van der Waals surface area contributed by atoms with E-state index in [2.05, 4.69) is 13.8 Å². The summed E-state index contributed by atoms with van der Waals surface area (Å²) in [5.41, 5.74) is 1.14. The molecule has 0 aromatic heterocycles. The van der Waals surface area contributed by atoms with E-state index in [4.69, 9.17) is 9.47 Å². The summed E-state index contributed by atoms with van der Waals surface area (Å²) < 4.78 is 11.6. The smallest absolute Gasteiger partial charge is 0.292 e. The van der Waals surface area contributed by atoms with Crippen LogP contribution < -0.4 is 29.1 Å². The molecule has 0 saturated carbocycles. The molecule has 0 spiro atoms. The lowest BCUT2D eigenvalue weighted by Gasteiger charge is -2.34. The number of amides is 4. The molecule has 46 heavy (non-hydrogen) atoms. The third-order valence-corrected chi connectivity index (χ3v) is 9.54. The first kappa shape index (κ1) is 33.6. The van der Waals surface area contributed by atoms with Gasteiger partial charge in [-0.25, -0.2) is 9.80 Å². The van der Waals surface area contributed by atoms with Crippen molar-refractivity contribution < 1.29 is 38.5 Å². The third-order valence-electron chi connectivity index (χ3n) is 9.54. The number of piperazine rings is 1. The van der Waals surface area contributed by atoms with Crippen molar-refractivity contribution in [2.75, 3.05) is 49.2 Å². The summed E-state index contributed by atoms with van der Waals surface area (Å²) in [5.74, 6) is 0.736. The number of imide groups is 2. The number of hydrogen-bond acceptors (Lipinski definition) is 6. The minimum atomic E-state index is -0.437. The number of rotatable bonds is 16. The lowest BCUT2D eigenvalue weighted by molar-refractivity contribution is -1.02. The van der Waals surface area contributed by atoms with Crippen molar-refractivity contribution in [3.05, 3.63) is 48.5 Å². The van der Waals surface area contributed by atoms with Gasteiger partial charge < -0.3 is 19.3 Å². The molecule has 248 valence electrons. The van der Waals surface area contributed by atoms with Gasteiger partial charge >= 0.3 is 0 Å². The van der Waals surface area contributed by atoms with Crippen molar-refractivity contribution in [3.63, 3.8) is 0 Å². The Kier molecular flexibility index (Phi) is 11.8. The number of benzene rings is 2. The van der Waals surface area contributed by atoms with Crippen molar-refractivity contribution in [1.29, 1.82) is 0 Å². The zero-order valence-electron chi connectivity index (χ0n) is 27.4. The maximum Gasteiger partial charge on any atom is 0.292 e. The fraction of sp³-hybridized carbons (Fsp3) is 0.556. The predicted octanol–water partition coefficient (Wildman–Crippen LogP) is 2.35. The van der Waals surface area contributed by atoms with Gasteiger partial charge in [0.2, 0.25) is 11.8 Å². The first-order chi connectivity index (χ1) is 22.4. The minimum absolute atomic E-state index is 0.173. The van der Waals surface area contributed by atoms with Crippen LogP contribution in [-0.4, -0.2) is 75.1 Å². The number of carbonyl (C=O) groups excluding carboxylic acids is 4. The molecule has 3 aliphatic heterocycles. The predicted molar refractivity (Wildman–Crippen MR) is 175 cm³/mol. The van der Waals surface area contributed by atoms with Gasteiger partial charge in [0, 0.05) is 0 Å². The summed E-state index contributed by atoms with van der Waals surface area (Å²) in [4.78, 5) is 57.6. The molecule has 2 aromatic rings. The molecule has 3 fully saturated rings. The van der Waals surface area contributed by atoms with Crippen LogP contribution in [0.15, 0.2) is 48.5 Å². The number of hydrogen-bond donors (Lipinski definition) is 2. The van der Waals surface area contributed by atoms with Gasteiger partial charge in [-0.05, 0) is 61.4 Å². The van der Waals surface area contributed by atoms with E-state index in [1.807, 2.05) is 24.3 Å². The van der Waals surface area contributed by atoms with Gasteiger partial charge in [-0.15, -0.1) is 0 Å². The molecule has 2 aromatic carbocycles. The molecule has 3 heterocycles. The molecular formula is C36H50N4O6+2. The Morgan fingerprint density at radius 3 is 1.28 bits per heavy atom. The van der Waals surface area contributed by atoms with E-state index in [1.165, 1.54) is 35.5 Å². The highest BCUT2D eigenvalue weighted by Gasteiger charge is 2.50. The maximum atomic E-state index is 13.5. The summed E-state index contributed by atoms with van der Waals surface area (Å²) >= 11 is 0. The molecule has 0 aliphatic carbocycles. The summed E-state index contributed by atoms with van der Waals surface area (Å²) in [7, 11) is 0. The number of ether oxygens (including phenoxy) is 2. The lowest BCUT2D eigenvalue weighted by Crippen LogP contribution is -3.31. The fourth-order valence-corrected chi connectivity index (χ4v) is 6.85. The van der Waals surface area contributed by atoms with E-state index in [0.29, 0.717) is 50.8 Å². The number of nitrogens with one attached hydrogen (secondary N) is 2.